The van der Waals surface area contributed by atoms with Gasteiger partial charge in [-0.15, -0.1) is 5.10 Å². The molecule has 0 saturated carbocycles. The van der Waals surface area contributed by atoms with Gasteiger partial charge in [0.2, 0.25) is 0 Å². The van der Waals surface area contributed by atoms with E-state index in [1.54, 1.807) is 7.05 Å². The minimum absolute atomic E-state index is 0.321. The zero-order chi connectivity index (χ0) is 10.8. The zero-order valence-electron chi connectivity index (χ0n) is 7.84. The fourth-order valence-corrected chi connectivity index (χ4v) is 1.54. The number of hydrogen-bond donors (Lipinski definition) is 2. The van der Waals surface area contributed by atoms with Crippen molar-refractivity contribution in [1.29, 1.82) is 0 Å². The Hall–Kier alpha value is -1.96. The Morgan fingerprint density at radius 3 is 2.93 bits per heavy atom. The standard InChI is InChI=1S/C7H8N6OS/c1-13-6(4(8)2-10-13)7(14)11-5-3-9-12-15-5/h2-3H,8H2,1H3,(H,11,14). The molecule has 0 fully saturated rings. The van der Waals surface area contributed by atoms with Crippen LogP contribution in [0.5, 0.6) is 0 Å². The second-order valence-corrected chi connectivity index (χ2v) is 3.59. The summed E-state index contributed by atoms with van der Waals surface area (Å²) in [7, 11) is 1.65. The first kappa shape index (κ1) is 9.59. The van der Waals surface area contributed by atoms with Crippen molar-refractivity contribution >= 4 is 28.1 Å². The molecule has 78 valence electrons. The highest BCUT2D eigenvalue weighted by molar-refractivity contribution is 7.10. The summed E-state index contributed by atoms with van der Waals surface area (Å²) in [6.45, 7) is 0. The number of hydrogen-bond acceptors (Lipinski definition) is 6. The van der Waals surface area contributed by atoms with Gasteiger partial charge >= 0.3 is 0 Å². The van der Waals surface area contributed by atoms with Crippen LogP contribution in [-0.2, 0) is 7.05 Å². The third kappa shape index (κ3) is 1.79. The van der Waals surface area contributed by atoms with Crippen LogP contribution < -0.4 is 11.1 Å². The van der Waals surface area contributed by atoms with Crippen LogP contribution >= 0.6 is 11.5 Å². The molecule has 0 atom stereocenters. The van der Waals surface area contributed by atoms with E-state index in [1.807, 2.05) is 0 Å². The molecule has 0 spiro atoms. The molecule has 2 rings (SSSR count). The monoisotopic (exact) mass is 224 g/mol. The molecule has 0 aliphatic carbocycles. The fraction of sp³-hybridized carbons (Fsp3) is 0.143. The highest BCUT2D eigenvalue weighted by Crippen LogP contribution is 2.14. The van der Waals surface area contributed by atoms with Crippen LogP contribution in [0.3, 0.4) is 0 Å². The van der Waals surface area contributed by atoms with Crippen molar-refractivity contribution in [2.45, 2.75) is 0 Å². The lowest BCUT2D eigenvalue weighted by Crippen LogP contribution is -2.17. The lowest BCUT2D eigenvalue weighted by Gasteiger charge is -2.02. The lowest BCUT2D eigenvalue weighted by atomic mass is 10.3. The van der Waals surface area contributed by atoms with E-state index in [1.165, 1.54) is 17.1 Å². The molecule has 1 amide bonds. The Kier molecular flexibility index (Phi) is 2.34. The maximum atomic E-state index is 11.7. The second-order valence-electron chi connectivity index (χ2n) is 2.81. The molecule has 3 N–H and O–H groups in total. The van der Waals surface area contributed by atoms with E-state index in [-0.39, 0.29) is 5.91 Å². The molecule has 2 heterocycles. The van der Waals surface area contributed by atoms with Gasteiger partial charge in [0.05, 0.1) is 18.1 Å². The van der Waals surface area contributed by atoms with Crippen LogP contribution in [-0.4, -0.2) is 25.3 Å². The van der Waals surface area contributed by atoms with Crippen LogP contribution in [0, 0.1) is 0 Å². The highest BCUT2D eigenvalue weighted by atomic mass is 32.1. The molecule has 0 aromatic carbocycles. The third-order valence-electron chi connectivity index (χ3n) is 1.78. The molecule has 2 aromatic heterocycles. The van der Waals surface area contributed by atoms with E-state index in [4.69, 9.17) is 5.73 Å². The molecular weight excluding hydrogens is 216 g/mol. The number of aryl methyl sites for hydroxylation is 1. The van der Waals surface area contributed by atoms with Gasteiger partial charge < -0.3 is 11.1 Å². The van der Waals surface area contributed by atoms with Crippen molar-refractivity contribution in [3.63, 3.8) is 0 Å². The largest absolute Gasteiger partial charge is 0.396 e. The van der Waals surface area contributed by atoms with E-state index in [0.717, 1.165) is 11.5 Å². The van der Waals surface area contributed by atoms with Crippen LogP contribution in [0.2, 0.25) is 0 Å². The first-order chi connectivity index (χ1) is 7.18. The zero-order valence-corrected chi connectivity index (χ0v) is 8.65. The molecule has 2 aromatic rings. The summed E-state index contributed by atoms with van der Waals surface area (Å²) in [6.07, 6.45) is 2.90. The molecule has 0 bridgehead atoms. The SMILES string of the molecule is Cn1ncc(N)c1C(=O)Nc1cnns1. The average molecular weight is 224 g/mol. The number of nitrogen functional groups attached to an aromatic ring is 1. The summed E-state index contributed by atoms with van der Waals surface area (Å²) >= 11 is 1.10. The molecule has 0 unspecified atom stereocenters. The lowest BCUT2D eigenvalue weighted by molar-refractivity contribution is 0.101. The van der Waals surface area contributed by atoms with Crippen LogP contribution in [0.4, 0.5) is 10.7 Å². The number of nitrogens with two attached hydrogens (primary N) is 1. The van der Waals surface area contributed by atoms with E-state index in [2.05, 4.69) is 20.0 Å². The van der Waals surface area contributed by atoms with Gasteiger partial charge in [0.1, 0.15) is 10.7 Å². The summed E-state index contributed by atoms with van der Waals surface area (Å²) in [4.78, 5) is 11.7. The Morgan fingerprint density at radius 2 is 2.40 bits per heavy atom. The molecule has 8 heteroatoms. The topological polar surface area (TPSA) is 98.7 Å². The normalized spacial score (nSPS) is 10.2. The second kappa shape index (κ2) is 3.65. The minimum atomic E-state index is -0.321. The number of aromatic nitrogens is 4. The molecule has 15 heavy (non-hydrogen) atoms. The van der Waals surface area contributed by atoms with E-state index in [0.29, 0.717) is 16.4 Å². The van der Waals surface area contributed by atoms with Gasteiger partial charge in [0.15, 0.2) is 0 Å². The number of rotatable bonds is 2. The number of nitrogens with one attached hydrogen (secondary N) is 1. The van der Waals surface area contributed by atoms with Crippen molar-refractivity contribution in [2.75, 3.05) is 11.1 Å². The predicted octanol–water partition coefficient (Wildman–Crippen LogP) is 0.106. The van der Waals surface area contributed by atoms with E-state index >= 15 is 0 Å². The van der Waals surface area contributed by atoms with Crippen molar-refractivity contribution in [1.82, 2.24) is 19.4 Å². The van der Waals surface area contributed by atoms with E-state index in [9.17, 15) is 4.79 Å². The fourth-order valence-electron chi connectivity index (χ4n) is 1.13. The first-order valence-corrected chi connectivity index (χ1v) is 4.82. The smallest absolute Gasteiger partial charge is 0.276 e. The number of nitrogens with zero attached hydrogens (tertiary/aromatic N) is 4. The molecule has 0 aliphatic heterocycles. The van der Waals surface area contributed by atoms with Gasteiger partial charge in [0, 0.05) is 18.6 Å². The quantitative estimate of drug-likeness (QED) is 0.754. The van der Waals surface area contributed by atoms with Gasteiger partial charge in [-0.25, -0.2) is 0 Å². The van der Waals surface area contributed by atoms with Crippen molar-refractivity contribution in [2.24, 2.45) is 7.05 Å². The van der Waals surface area contributed by atoms with Gasteiger partial charge in [-0.05, 0) is 0 Å². The maximum Gasteiger partial charge on any atom is 0.276 e. The molecule has 0 saturated heterocycles. The summed E-state index contributed by atoms with van der Waals surface area (Å²) in [5.74, 6) is -0.321. The first-order valence-electron chi connectivity index (χ1n) is 4.04. The van der Waals surface area contributed by atoms with Crippen molar-refractivity contribution in [3.8, 4) is 0 Å². The Balaban J connectivity index is 2.22. The van der Waals surface area contributed by atoms with Gasteiger partial charge in [-0.2, -0.15) is 5.10 Å². The van der Waals surface area contributed by atoms with Crippen LogP contribution in [0.1, 0.15) is 10.5 Å². The molecular formula is C7H8N6OS. The average Bonchev–Trinajstić information content (AvgIpc) is 2.77. The van der Waals surface area contributed by atoms with E-state index < -0.39 is 0 Å². The minimum Gasteiger partial charge on any atom is -0.396 e. The Morgan fingerprint density at radius 1 is 1.60 bits per heavy atom. The predicted molar refractivity (Wildman–Crippen MR) is 55.5 cm³/mol. The summed E-state index contributed by atoms with van der Waals surface area (Å²) in [5.41, 5.74) is 6.26. The number of carbonyl (C=O) groups is 1. The molecule has 7 nitrogen and oxygen atoms in total. The Labute approximate surface area is 89.1 Å². The van der Waals surface area contributed by atoms with Crippen molar-refractivity contribution < 1.29 is 4.79 Å². The number of carbonyl (C=O) groups excluding carboxylic acids is 1. The van der Waals surface area contributed by atoms with Gasteiger partial charge in [-0.3, -0.25) is 9.48 Å². The Bertz CT molecular complexity index is 456. The summed E-state index contributed by atoms with van der Waals surface area (Å²) in [6, 6.07) is 0. The van der Waals surface area contributed by atoms with Crippen LogP contribution in [0.25, 0.3) is 0 Å². The number of anilines is 2. The maximum absolute atomic E-state index is 11.7. The van der Waals surface area contributed by atoms with Crippen molar-refractivity contribution in [3.05, 3.63) is 18.1 Å². The highest BCUT2D eigenvalue weighted by Gasteiger charge is 2.15. The summed E-state index contributed by atoms with van der Waals surface area (Å²) in [5, 5.41) is 10.7. The number of amides is 1. The summed E-state index contributed by atoms with van der Waals surface area (Å²) < 4.78 is 5.04. The van der Waals surface area contributed by atoms with Gasteiger partial charge in [0.25, 0.3) is 5.91 Å². The third-order valence-corrected chi connectivity index (χ3v) is 2.36. The van der Waals surface area contributed by atoms with Crippen LogP contribution in [0.15, 0.2) is 12.4 Å². The van der Waals surface area contributed by atoms with Gasteiger partial charge in [-0.1, -0.05) is 4.49 Å². The molecule has 0 radical (unpaired) electrons. The molecule has 0 aliphatic rings.